The number of likely N-dealkylation sites (N-methyl/N-ethyl adjacent to an activating group) is 1. The number of benzene rings is 1. The van der Waals surface area contributed by atoms with Crippen LogP contribution >= 0.6 is 0 Å². The molecule has 5 rings (SSSR count). The van der Waals surface area contributed by atoms with E-state index in [1.54, 1.807) is 6.08 Å². The van der Waals surface area contributed by atoms with Crippen LogP contribution in [0.25, 0.3) is 0 Å². The second-order valence-electron chi connectivity index (χ2n) is 8.93. The maximum Gasteiger partial charge on any atom is 0.343 e. The summed E-state index contributed by atoms with van der Waals surface area (Å²) in [5.41, 5.74) is -0.216. The maximum atomic E-state index is 12.4. The highest BCUT2D eigenvalue weighted by Gasteiger charge is 2.72. The second kappa shape index (κ2) is 6.92. The Bertz CT molecular complexity index is 1040. The maximum absolute atomic E-state index is 12.4. The van der Waals surface area contributed by atoms with Crippen molar-refractivity contribution >= 4 is 11.9 Å². The van der Waals surface area contributed by atoms with Crippen LogP contribution in [0.4, 0.5) is 0 Å². The zero-order valence-corrected chi connectivity index (χ0v) is 17.6. The van der Waals surface area contributed by atoms with E-state index in [0.717, 1.165) is 11.1 Å². The molecule has 1 aromatic rings. The molecule has 1 aromatic carbocycles. The predicted octanol–water partition coefficient (Wildman–Crippen LogP) is -0.677. The summed E-state index contributed by atoms with van der Waals surface area (Å²) in [6.45, 7) is 0.685. The molecule has 32 heavy (non-hydrogen) atoms. The van der Waals surface area contributed by atoms with Crippen molar-refractivity contribution in [3.8, 4) is 11.5 Å². The lowest BCUT2D eigenvalue weighted by Crippen LogP contribution is -2.74. The molecule has 2 aliphatic carbocycles. The minimum absolute atomic E-state index is 0.0747. The predicted molar refractivity (Wildman–Crippen MR) is 107 cm³/mol. The summed E-state index contributed by atoms with van der Waals surface area (Å²) in [6.07, 6.45) is -2.57. The molecule has 0 saturated carbocycles. The SMILES string of the molecule is COc1ccc2c3c1O[C@H]1C(OC(=O)C(O)C(O)C(=O)O)=CC[C@@]4(O)[C@@H](C2)N(C)CC[C@]314. The average Bonchev–Trinajstić information content (AvgIpc) is 3.12. The summed E-state index contributed by atoms with van der Waals surface area (Å²) >= 11 is 0. The molecule has 2 unspecified atom stereocenters. The van der Waals surface area contributed by atoms with E-state index in [4.69, 9.17) is 19.3 Å². The first-order valence-electron chi connectivity index (χ1n) is 10.5. The molecule has 10 nitrogen and oxygen atoms in total. The number of carbonyl (C=O) groups is 2. The Morgan fingerprint density at radius 3 is 2.72 bits per heavy atom. The fourth-order valence-corrected chi connectivity index (χ4v) is 6.03. The third-order valence-electron chi connectivity index (χ3n) is 7.57. The minimum Gasteiger partial charge on any atom is -0.493 e. The van der Waals surface area contributed by atoms with E-state index in [1.807, 2.05) is 19.2 Å². The number of carbonyl (C=O) groups excluding carboxylic acids is 1. The molecule has 6 atom stereocenters. The van der Waals surface area contributed by atoms with Gasteiger partial charge in [0.15, 0.2) is 29.8 Å². The molecular weight excluding hydrogens is 422 g/mol. The molecule has 4 aliphatic rings. The van der Waals surface area contributed by atoms with Gasteiger partial charge in [0.05, 0.1) is 18.1 Å². The molecule has 2 bridgehead atoms. The molecule has 1 spiro atoms. The molecule has 0 radical (unpaired) electrons. The molecule has 0 amide bonds. The van der Waals surface area contributed by atoms with E-state index in [2.05, 4.69) is 4.90 Å². The third-order valence-corrected chi connectivity index (χ3v) is 7.57. The van der Waals surface area contributed by atoms with E-state index in [1.165, 1.54) is 7.11 Å². The Morgan fingerprint density at radius 1 is 1.28 bits per heavy atom. The molecule has 10 heteroatoms. The number of piperidine rings is 1. The van der Waals surface area contributed by atoms with Gasteiger partial charge in [-0.25, -0.2) is 9.59 Å². The van der Waals surface area contributed by atoms with Gasteiger partial charge in [0, 0.05) is 18.0 Å². The molecule has 2 aliphatic heterocycles. The Morgan fingerprint density at radius 2 is 2.03 bits per heavy atom. The quantitative estimate of drug-likeness (QED) is 0.428. The van der Waals surface area contributed by atoms with Gasteiger partial charge in [-0.15, -0.1) is 0 Å². The van der Waals surface area contributed by atoms with E-state index in [-0.39, 0.29) is 18.2 Å². The number of carboxylic acids is 1. The zero-order chi connectivity index (χ0) is 23.0. The molecule has 1 saturated heterocycles. The van der Waals surface area contributed by atoms with E-state index < -0.39 is 41.3 Å². The minimum atomic E-state index is -2.32. The zero-order valence-electron chi connectivity index (χ0n) is 17.6. The van der Waals surface area contributed by atoms with Crippen molar-refractivity contribution in [2.75, 3.05) is 20.7 Å². The van der Waals surface area contributed by atoms with Crippen LogP contribution < -0.4 is 9.47 Å². The summed E-state index contributed by atoms with van der Waals surface area (Å²) in [5, 5.41) is 40.4. The third kappa shape index (κ3) is 2.49. The Kier molecular flexibility index (Phi) is 4.58. The van der Waals surface area contributed by atoms with Crippen LogP contribution in [0.5, 0.6) is 11.5 Å². The Hall–Kier alpha value is -2.66. The van der Waals surface area contributed by atoms with Gasteiger partial charge >= 0.3 is 11.9 Å². The van der Waals surface area contributed by atoms with Crippen molar-refractivity contribution < 1.29 is 44.2 Å². The second-order valence-corrected chi connectivity index (χ2v) is 8.93. The van der Waals surface area contributed by atoms with Crippen LogP contribution in [0.2, 0.25) is 0 Å². The highest BCUT2D eigenvalue weighted by molar-refractivity contribution is 5.85. The monoisotopic (exact) mass is 447 g/mol. The lowest BCUT2D eigenvalue weighted by atomic mass is 9.50. The molecule has 0 aromatic heterocycles. The average molecular weight is 447 g/mol. The van der Waals surface area contributed by atoms with Crippen molar-refractivity contribution in [1.82, 2.24) is 4.90 Å². The van der Waals surface area contributed by atoms with Crippen LogP contribution in [-0.4, -0.2) is 87.9 Å². The van der Waals surface area contributed by atoms with E-state index in [9.17, 15) is 24.9 Å². The van der Waals surface area contributed by atoms with Crippen molar-refractivity contribution in [2.45, 2.75) is 54.6 Å². The van der Waals surface area contributed by atoms with Crippen LogP contribution in [0.3, 0.4) is 0 Å². The molecule has 4 N–H and O–H groups in total. The summed E-state index contributed by atoms with van der Waals surface area (Å²) in [5.74, 6) is -1.99. The van der Waals surface area contributed by atoms with Crippen molar-refractivity contribution in [3.05, 3.63) is 35.1 Å². The highest BCUT2D eigenvalue weighted by Crippen LogP contribution is 2.65. The van der Waals surface area contributed by atoms with Gasteiger partial charge in [0.2, 0.25) is 0 Å². The number of aliphatic hydroxyl groups excluding tert-OH is 2. The number of hydrogen-bond donors (Lipinski definition) is 4. The van der Waals surface area contributed by atoms with Crippen LogP contribution in [0, 0.1) is 0 Å². The number of aliphatic carboxylic acids is 1. The van der Waals surface area contributed by atoms with Gasteiger partial charge in [0.1, 0.15) is 5.76 Å². The fraction of sp³-hybridized carbons (Fsp3) is 0.545. The summed E-state index contributed by atoms with van der Waals surface area (Å²) in [4.78, 5) is 25.5. The van der Waals surface area contributed by atoms with Gasteiger partial charge in [-0.1, -0.05) is 6.07 Å². The first-order valence-corrected chi connectivity index (χ1v) is 10.5. The number of methoxy groups -OCH3 is 1. The lowest BCUT2D eigenvalue weighted by molar-refractivity contribution is -0.177. The summed E-state index contributed by atoms with van der Waals surface area (Å²) in [7, 11) is 3.49. The Labute approximate surface area is 183 Å². The molecular formula is C22H25NO9. The first-order chi connectivity index (χ1) is 15.2. The van der Waals surface area contributed by atoms with E-state index >= 15 is 0 Å². The largest absolute Gasteiger partial charge is 0.493 e. The summed E-state index contributed by atoms with van der Waals surface area (Å²) in [6, 6.07) is 3.60. The van der Waals surface area contributed by atoms with Crippen molar-refractivity contribution in [3.63, 3.8) is 0 Å². The number of likely N-dealkylation sites (tertiary alicyclic amines) is 1. The smallest absolute Gasteiger partial charge is 0.343 e. The topological polar surface area (TPSA) is 146 Å². The van der Waals surface area contributed by atoms with Crippen LogP contribution in [-0.2, 0) is 26.2 Å². The van der Waals surface area contributed by atoms with Gasteiger partial charge in [-0.3, -0.25) is 0 Å². The Balaban J connectivity index is 1.60. The normalized spacial score (nSPS) is 34.0. The number of esters is 1. The van der Waals surface area contributed by atoms with Gasteiger partial charge < -0.3 is 39.5 Å². The highest BCUT2D eigenvalue weighted by atomic mass is 16.6. The fourth-order valence-electron chi connectivity index (χ4n) is 6.03. The van der Waals surface area contributed by atoms with Crippen molar-refractivity contribution in [2.24, 2.45) is 0 Å². The molecule has 2 heterocycles. The number of aliphatic hydroxyl groups is 3. The van der Waals surface area contributed by atoms with Gasteiger partial charge in [0.25, 0.3) is 0 Å². The van der Waals surface area contributed by atoms with Gasteiger partial charge in [-0.05, 0) is 44.1 Å². The van der Waals surface area contributed by atoms with Crippen LogP contribution in [0.15, 0.2) is 24.0 Å². The molecule has 1 fully saturated rings. The van der Waals surface area contributed by atoms with Crippen LogP contribution in [0.1, 0.15) is 24.0 Å². The lowest BCUT2D eigenvalue weighted by Gasteiger charge is -2.61. The standard InChI is InChI=1S/C22H25NO9/c1-23-8-7-21-14-10-3-4-11(30-2)17(14)32-18(21)12(5-6-22(21,29)13(23)9-10)31-20(28)16(25)15(24)19(26)27/h3-5,13,15-16,18,24-25,29H,6-9H2,1-2H3,(H,26,27)/t13-,15?,16?,18+,21+,22-/m1/s1. The molecule has 172 valence electrons. The van der Waals surface area contributed by atoms with Crippen molar-refractivity contribution in [1.29, 1.82) is 0 Å². The van der Waals surface area contributed by atoms with Gasteiger partial charge in [-0.2, -0.15) is 0 Å². The first kappa shape index (κ1) is 21.2. The summed E-state index contributed by atoms with van der Waals surface area (Å²) < 4.78 is 17.2. The number of rotatable bonds is 5. The number of carboxylic acid groups (broad SMARTS) is 1. The number of hydrogen-bond acceptors (Lipinski definition) is 9. The van der Waals surface area contributed by atoms with E-state index in [0.29, 0.717) is 30.9 Å². The number of nitrogens with zero attached hydrogens (tertiary/aromatic N) is 1. The number of ether oxygens (including phenoxy) is 3.